The molecule has 5 rings (SSSR count). The second kappa shape index (κ2) is 11.4. The number of piperazine rings is 1. The lowest BCUT2D eigenvalue weighted by atomic mass is 10.1. The first-order valence-electron chi connectivity index (χ1n) is 12.5. The average molecular weight is 526 g/mol. The molecule has 0 atom stereocenters. The topological polar surface area (TPSA) is 65.8 Å². The zero-order valence-electron chi connectivity index (χ0n) is 21.1. The maximum Gasteiger partial charge on any atom is 0.254 e. The lowest BCUT2D eigenvalue weighted by Crippen LogP contribution is -2.49. The number of aryl methyl sites for hydroxylation is 1. The maximum absolute atomic E-state index is 12.9. The summed E-state index contributed by atoms with van der Waals surface area (Å²) in [5, 5.41) is 3.39. The molecule has 0 saturated carbocycles. The van der Waals surface area contributed by atoms with Gasteiger partial charge in [-0.3, -0.25) is 9.59 Å². The van der Waals surface area contributed by atoms with Crippen LogP contribution in [0.2, 0.25) is 5.02 Å². The van der Waals surface area contributed by atoms with Crippen molar-refractivity contribution in [2.45, 2.75) is 6.92 Å². The van der Waals surface area contributed by atoms with Gasteiger partial charge in [-0.1, -0.05) is 60.1 Å². The van der Waals surface area contributed by atoms with Gasteiger partial charge in [-0.2, -0.15) is 0 Å². The van der Waals surface area contributed by atoms with Crippen LogP contribution in [0.4, 0.5) is 11.4 Å². The summed E-state index contributed by atoms with van der Waals surface area (Å²) >= 11 is 6.59. The van der Waals surface area contributed by atoms with Crippen molar-refractivity contribution in [3.8, 4) is 11.3 Å². The number of furan rings is 1. The number of hydrogen-bond donors (Lipinski definition) is 1. The molecule has 0 aliphatic carbocycles. The molecule has 1 aromatic heterocycles. The van der Waals surface area contributed by atoms with E-state index in [1.165, 1.54) is 6.08 Å². The van der Waals surface area contributed by atoms with Crippen LogP contribution < -0.4 is 10.2 Å². The number of rotatable bonds is 6. The summed E-state index contributed by atoms with van der Waals surface area (Å²) in [6.45, 7) is 4.55. The highest BCUT2D eigenvalue weighted by Crippen LogP contribution is 2.30. The normalized spacial score (nSPS) is 13.6. The number of amides is 2. The Labute approximate surface area is 227 Å². The molecule has 1 aliphatic heterocycles. The molecular weight excluding hydrogens is 498 g/mol. The van der Waals surface area contributed by atoms with Crippen LogP contribution in [0.3, 0.4) is 0 Å². The molecule has 38 heavy (non-hydrogen) atoms. The Morgan fingerprint density at radius 3 is 2.37 bits per heavy atom. The molecule has 0 bridgehead atoms. The van der Waals surface area contributed by atoms with E-state index >= 15 is 0 Å². The van der Waals surface area contributed by atoms with Gasteiger partial charge in [-0.15, -0.1) is 0 Å². The predicted octanol–water partition coefficient (Wildman–Crippen LogP) is 6.52. The van der Waals surface area contributed by atoms with Crippen LogP contribution >= 0.6 is 11.6 Å². The van der Waals surface area contributed by atoms with E-state index in [9.17, 15) is 9.59 Å². The monoisotopic (exact) mass is 525 g/mol. The fourth-order valence-corrected chi connectivity index (χ4v) is 4.82. The third-order valence-electron chi connectivity index (χ3n) is 6.58. The molecule has 4 aromatic rings. The number of carbonyl (C=O) groups excluding carboxylic acids is 2. The van der Waals surface area contributed by atoms with Crippen molar-refractivity contribution in [2.24, 2.45) is 0 Å². The Morgan fingerprint density at radius 1 is 0.895 bits per heavy atom. The summed E-state index contributed by atoms with van der Waals surface area (Å²) in [6.07, 6.45) is 3.07. The van der Waals surface area contributed by atoms with Crippen LogP contribution in [0, 0.1) is 6.92 Å². The van der Waals surface area contributed by atoms with E-state index in [4.69, 9.17) is 16.0 Å². The van der Waals surface area contributed by atoms with Crippen molar-refractivity contribution in [1.82, 2.24) is 4.90 Å². The van der Waals surface area contributed by atoms with Gasteiger partial charge in [-0.05, 0) is 55.0 Å². The van der Waals surface area contributed by atoms with Gasteiger partial charge in [0.25, 0.3) is 5.91 Å². The predicted molar refractivity (Wildman–Crippen MR) is 153 cm³/mol. The van der Waals surface area contributed by atoms with Gasteiger partial charge in [0.1, 0.15) is 11.5 Å². The number of halogens is 1. The fourth-order valence-electron chi connectivity index (χ4n) is 4.52. The zero-order valence-corrected chi connectivity index (χ0v) is 21.8. The fraction of sp³-hybridized carbons (Fsp3) is 0.161. The SMILES string of the molecule is Cc1ccccc1C(=O)N1CCN(c2ccc(NC(=O)/C=C/c3ccc(-c4ccccc4)o3)cc2Cl)CC1. The van der Waals surface area contributed by atoms with Crippen LogP contribution in [0.5, 0.6) is 0 Å². The molecule has 7 heteroatoms. The van der Waals surface area contributed by atoms with Gasteiger partial charge in [0.05, 0.1) is 10.7 Å². The van der Waals surface area contributed by atoms with Gasteiger partial charge >= 0.3 is 0 Å². The molecule has 0 spiro atoms. The van der Waals surface area contributed by atoms with Crippen LogP contribution in [0.25, 0.3) is 17.4 Å². The Bertz CT molecular complexity index is 1470. The quantitative estimate of drug-likeness (QED) is 0.291. The molecule has 2 amide bonds. The van der Waals surface area contributed by atoms with Gasteiger partial charge < -0.3 is 19.5 Å². The molecule has 1 N–H and O–H groups in total. The molecule has 0 radical (unpaired) electrons. The molecule has 0 unspecified atom stereocenters. The Kier molecular flexibility index (Phi) is 7.61. The Hall–Kier alpha value is -4.29. The summed E-state index contributed by atoms with van der Waals surface area (Å²) in [5.74, 6) is 1.11. The molecular formula is C31H28ClN3O3. The number of carbonyl (C=O) groups is 2. The van der Waals surface area contributed by atoms with Crippen molar-refractivity contribution >= 4 is 40.9 Å². The lowest BCUT2D eigenvalue weighted by Gasteiger charge is -2.36. The molecule has 1 aliphatic rings. The second-order valence-electron chi connectivity index (χ2n) is 9.15. The van der Waals surface area contributed by atoms with Crippen LogP contribution in [-0.2, 0) is 4.79 Å². The van der Waals surface area contributed by atoms with E-state index < -0.39 is 0 Å². The van der Waals surface area contributed by atoms with Crippen LogP contribution in [0.1, 0.15) is 21.7 Å². The summed E-state index contributed by atoms with van der Waals surface area (Å²) < 4.78 is 5.81. The van der Waals surface area contributed by atoms with Gasteiger partial charge in [-0.25, -0.2) is 0 Å². The zero-order chi connectivity index (χ0) is 26.5. The van der Waals surface area contributed by atoms with E-state index in [2.05, 4.69) is 10.2 Å². The molecule has 3 aromatic carbocycles. The Balaban J connectivity index is 1.16. The Morgan fingerprint density at radius 2 is 1.63 bits per heavy atom. The van der Waals surface area contributed by atoms with Crippen LogP contribution in [-0.4, -0.2) is 42.9 Å². The standard InChI is InChI=1S/C31H28ClN3O3/c1-22-7-5-6-10-26(22)31(37)35-19-17-34(18-20-35)28-14-11-24(21-27(28)32)33-30(36)16-13-25-12-15-29(38-25)23-8-3-2-4-9-23/h2-16,21H,17-20H2,1H3,(H,33,36)/b16-13+. The summed E-state index contributed by atoms with van der Waals surface area (Å²) in [6, 6.07) is 26.6. The van der Waals surface area contributed by atoms with E-state index in [0.717, 1.165) is 28.1 Å². The van der Waals surface area contributed by atoms with Crippen molar-refractivity contribution in [2.75, 3.05) is 36.4 Å². The lowest BCUT2D eigenvalue weighted by molar-refractivity contribution is -0.111. The number of anilines is 2. The molecule has 1 fully saturated rings. The molecule has 1 saturated heterocycles. The van der Waals surface area contributed by atoms with Crippen molar-refractivity contribution < 1.29 is 14.0 Å². The van der Waals surface area contributed by atoms with Gasteiger partial charge in [0.15, 0.2) is 0 Å². The van der Waals surface area contributed by atoms with Crippen LogP contribution in [0.15, 0.2) is 95.4 Å². The number of nitrogens with one attached hydrogen (secondary N) is 1. The summed E-state index contributed by atoms with van der Waals surface area (Å²) in [4.78, 5) is 29.4. The van der Waals surface area contributed by atoms with Crippen molar-refractivity contribution in [3.63, 3.8) is 0 Å². The highest BCUT2D eigenvalue weighted by Gasteiger charge is 2.24. The van der Waals surface area contributed by atoms with E-state index in [-0.39, 0.29) is 11.8 Å². The average Bonchev–Trinajstić information content (AvgIpc) is 3.42. The highest BCUT2D eigenvalue weighted by molar-refractivity contribution is 6.33. The third kappa shape index (κ3) is 5.82. The number of benzene rings is 3. The minimum Gasteiger partial charge on any atom is -0.457 e. The first kappa shape index (κ1) is 25.4. The van der Waals surface area contributed by atoms with Gasteiger partial charge in [0, 0.05) is 49.1 Å². The maximum atomic E-state index is 12.9. The summed E-state index contributed by atoms with van der Waals surface area (Å²) in [7, 11) is 0. The smallest absolute Gasteiger partial charge is 0.254 e. The number of hydrogen-bond acceptors (Lipinski definition) is 4. The number of nitrogens with zero attached hydrogens (tertiary/aromatic N) is 2. The van der Waals surface area contributed by atoms with E-state index in [1.54, 1.807) is 12.1 Å². The molecule has 192 valence electrons. The van der Waals surface area contributed by atoms with E-state index in [0.29, 0.717) is 42.6 Å². The largest absolute Gasteiger partial charge is 0.457 e. The third-order valence-corrected chi connectivity index (χ3v) is 6.89. The second-order valence-corrected chi connectivity index (χ2v) is 9.56. The first-order valence-corrected chi connectivity index (χ1v) is 12.9. The van der Waals surface area contributed by atoms with Crippen molar-refractivity contribution in [3.05, 3.63) is 113 Å². The minimum absolute atomic E-state index is 0.0609. The first-order chi connectivity index (χ1) is 18.5. The molecule has 6 nitrogen and oxygen atoms in total. The summed E-state index contributed by atoms with van der Waals surface area (Å²) in [5.41, 5.74) is 4.19. The van der Waals surface area contributed by atoms with Gasteiger partial charge in [0.2, 0.25) is 5.91 Å². The molecule has 2 heterocycles. The van der Waals surface area contributed by atoms with E-state index in [1.807, 2.05) is 90.7 Å². The minimum atomic E-state index is -0.283. The highest BCUT2D eigenvalue weighted by atomic mass is 35.5. The van der Waals surface area contributed by atoms with Crippen molar-refractivity contribution in [1.29, 1.82) is 0 Å².